The predicted octanol–water partition coefficient (Wildman–Crippen LogP) is 4.55. The van der Waals surface area contributed by atoms with Gasteiger partial charge < -0.3 is 4.74 Å². The lowest BCUT2D eigenvalue weighted by molar-refractivity contribution is 0.414. The Morgan fingerprint density at radius 1 is 1.41 bits per heavy atom. The fraction of sp³-hybridized carbons (Fsp3) is 0.400. The second kappa shape index (κ2) is 7.29. The SMILES string of the molecule is C/C=C(\C=PCc1cccc(OC)c1)C(C)C. The molecule has 0 bridgehead atoms. The topological polar surface area (TPSA) is 9.23 Å². The highest BCUT2D eigenvalue weighted by Gasteiger charge is 1.97. The molecule has 0 aliphatic heterocycles. The number of hydrogen-bond donors (Lipinski definition) is 0. The zero-order valence-electron chi connectivity index (χ0n) is 11.1. The number of rotatable bonds is 5. The van der Waals surface area contributed by atoms with Crippen molar-refractivity contribution in [1.29, 1.82) is 0 Å². The highest BCUT2D eigenvalue weighted by Crippen LogP contribution is 2.18. The van der Waals surface area contributed by atoms with Gasteiger partial charge in [0.1, 0.15) is 5.75 Å². The van der Waals surface area contributed by atoms with Gasteiger partial charge in [0.15, 0.2) is 0 Å². The van der Waals surface area contributed by atoms with Crippen molar-refractivity contribution in [2.75, 3.05) is 7.11 Å². The van der Waals surface area contributed by atoms with Gasteiger partial charge in [0.2, 0.25) is 0 Å². The number of hydrogen-bond acceptors (Lipinski definition) is 1. The summed E-state index contributed by atoms with van der Waals surface area (Å²) in [5, 5.41) is 0. The number of benzene rings is 1. The average Bonchev–Trinajstić information content (AvgIpc) is 2.34. The van der Waals surface area contributed by atoms with Crippen molar-refractivity contribution in [1.82, 2.24) is 0 Å². The summed E-state index contributed by atoms with van der Waals surface area (Å²) in [6, 6.07) is 8.28. The van der Waals surface area contributed by atoms with Crippen molar-refractivity contribution >= 4 is 14.0 Å². The number of ether oxygens (including phenoxy) is 1. The lowest BCUT2D eigenvalue weighted by atomic mass is 10.1. The van der Waals surface area contributed by atoms with E-state index >= 15 is 0 Å². The normalized spacial score (nSPS) is 12.4. The molecule has 0 amide bonds. The molecular weight excluding hydrogens is 227 g/mol. The molecule has 1 rings (SSSR count). The maximum absolute atomic E-state index is 5.22. The van der Waals surface area contributed by atoms with Gasteiger partial charge in [0.05, 0.1) is 7.11 Å². The van der Waals surface area contributed by atoms with Gasteiger partial charge in [-0.05, 0) is 41.9 Å². The molecule has 0 saturated carbocycles. The minimum absolute atomic E-state index is 0.609. The maximum Gasteiger partial charge on any atom is 0.119 e. The van der Waals surface area contributed by atoms with E-state index in [1.807, 2.05) is 12.1 Å². The van der Waals surface area contributed by atoms with Crippen LogP contribution < -0.4 is 4.74 Å². The van der Waals surface area contributed by atoms with Gasteiger partial charge in [-0.25, -0.2) is 0 Å². The van der Waals surface area contributed by atoms with Gasteiger partial charge in [-0.3, -0.25) is 0 Å². The van der Waals surface area contributed by atoms with Gasteiger partial charge >= 0.3 is 0 Å². The third-order valence-electron chi connectivity index (χ3n) is 2.65. The first-order chi connectivity index (χ1) is 8.17. The molecular formula is C15H21OP. The van der Waals surface area contributed by atoms with E-state index in [0.717, 1.165) is 11.9 Å². The molecule has 0 saturated heterocycles. The summed E-state index contributed by atoms with van der Waals surface area (Å²) in [5.41, 5.74) is 2.75. The zero-order valence-corrected chi connectivity index (χ0v) is 12.0. The average molecular weight is 248 g/mol. The van der Waals surface area contributed by atoms with E-state index in [9.17, 15) is 0 Å². The summed E-state index contributed by atoms with van der Waals surface area (Å²) >= 11 is 0. The summed E-state index contributed by atoms with van der Waals surface area (Å²) in [6.45, 7) is 6.56. The lowest BCUT2D eigenvalue weighted by Crippen LogP contribution is -1.93. The van der Waals surface area contributed by atoms with Crippen molar-refractivity contribution in [2.45, 2.75) is 26.9 Å². The number of allylic oxidation sites excluding steroid dienone is 2. The van der Waals surface area contributed by atoms with E-state index < -0.39 is 0 Å². The maximum atomic E-state index is 5.22. The van der Waals surface area contributed by atoms with E-state index in [1.165, 1.54) is 19.3 Å². The molecule has 0 unspecified atom stereocenters. The standard InChI is InChI=1S/C15H21OP/c1-5-14(12(2)3)11-17-10-13-7-6-8-15(9-13)16-4/h5-9,11-12H,10H2,1-4H3/b14-5+. The van der Waals surface area contributed by atoms with Gasteiger partial charge in [-0.1, -0.05) is 40.3 Å². The molecule has 0 aromatic heterocycles. The Morgan fingerprint density at radius 2 is 2.18 bits per heavy atom. The Bertz CT molecular complexity index is 405. The summed E-state index contributed by atoms with van der Waals surface area (Å²) in [5.74, 6) is 3.86. The van der Waals surface area contributed by atoms with E-state index in [2.05, 4.69) is 44.8 Å². The van der Waals surface area contributed by atoms with Crippen LogP contribution in [-0.4, -0.2) is 12.9 Å². The van der Waals surface area contributed by atoms with Gasteiger partial charge in [0, 0.05) is 6.16 Å². The molecule has 0 spiro atoms. The van der Waals surface area contributed by atoms with Crippen LogP contribution in [-0.2, 0) is 6.16 Å². The second-order valence-electron chi connectivity index (χ2n) is 4.26. The van der Waals surface area contributed by atoms with Crippen LogP contribution in [0.15, 0.2) is 35.9 Å². The molecule has 1 nitrogen and oxygen atoms in total. The van der Waals surface area contributed by atoms with E-state index in [-0.39, 0.29) is 0 Å². The summed E-state index contributed by atoms with van der Waals surface area (Å²) in [4.78, 5) is 0. The molecule has 2 heteroatoms. The summed E-state index contributed by atoms with van der Waals surface area (Å²) < 4.78 is 5.22. The molecule has 1 aromatic rings. The molecule has 0 atom stereocenters. The fourth-order valence-corrected chi connectivity index (χ4v) is 2.74. The minimum Gasteiger partial charge on any atom is -0.497 e. The Labute approximate surface area is 106 Å². The lowest BCUT2D eigenvalue weighted by Gasteiger charge is -2.05. The Kier molecular flexibility index (Phi) is 6.00. The van der Waals surface area contributed by atoms with Gasteiger partial charge in [-0.15, -0.1) is 0 Å². The number of methoxy groups -OCH3 is 1. The van der Waals surface area contributed by atoms with Crippen molar-refractivity contribution in [3.8, 4) is 5.75 Å². The molecule has 0 aliphatic carbocycles. The van der Waals surface area contributed by atoms with Gasteiger partial charge in [-0.2, -0.15) is 0 Å². The highest BCUT2D eigenvalue weighted by atomic mass is 31.1. The molecule has 0 aliphatic rings. The first-order valence-electron chi connectivity index (χ1n) is 5.96. The third kappa shape index (κ3) is 4.75. The van der Waals surface area contributed by atoms with Crippen LogP contribution in [0.4, 0.5) is 0 Å². The van der Waals surface area contributed by atoms with Crippen LogP contribution in [0.2, 0.25) is 0 Å². The van der Waals surface area contributed by atoms with Crippen molar-refractivity contribution < 1.29 is 4.74 Å². The van der Waals surface area contributed by atoms with Crippen molar-refractivity contribution in [3.05, 3.63) is 41.5 Å². The van der Waals surface area contributed by atoms with Crippen LogP contribution in [0.1, 0.15) is 26.3 Å². The molecule has 92 valence electrons. The Morgan fingerprint density at radius 3 is 2.76 bits per heavy atom. The van der Waals surface area contributed by atoms with Crippen molar-refractivity contribution in [3.63, 3.8) is 0 Å². The second-order valence-corrected chi connectivity index (χ2v) is 5.20. The molecule has 1 aromatic carbocycles. The van der Waals surface area contributed by atoms with Crippen LogP contribution >= 0.6 is 8.20 Å². The monoisotopic (exact) mass is 248 g/mol. The largest absolute Gasteiger partial charge is 0.497 e. The van der Waals surface area contributed by atoms with Gasteiger partial charge in [0.25, 0.3) is 0 Å². The fourth-order valence-electron chi connectivity index (χ4n) is 1.58. The summed E-state index contributed by atoms with van der Waals surface area (Å²) in [7, 11) is 3.05. The van der Waals surface area contributed by atoms with E-state index in [4.69, 9.17) is 4.74 Å². The Balaban J connectivity index is 2.63. The minimum atomic E-state index is 0.609. The van der Waals surface area contributed by atoms with E-state index in [1.54, 1.807) is 7.11 Å². The molecule has 0 radical (unpaired) electrons. The smallest absolute Gasteiger partial charge is 0.119 e. The van der Waals surface area contributed by atoms with Crippen LogP contribution in [0.25, 0.3) is 0 Å². The molecule has 0 heterocycles. The summed E-state index contributed by atoms with van der Waals surface area (Å²) in [6.07, 6.45) is 3.24. The first-order valence-corrected chi connectivity index (χ1v) is 7.11. The predicted molar refractivity (Wildman–Crippen MR) is 78.3 cm³/mol. The zero-order chi connectivity index (χ0) is 12.7. The van der Waals surface area contributed by atoms with Crippen LogP contribution in [0.3, 0.4) is 0 Å². The molecule has 0 N–H and O–H groups in total. The van der Waals surface area contributed by atoms with Crippen molar-refractivity contribution in [2.24, 2.45) is 5.92 Å². The third-order valence-corrected chi connectivity index (χ3v) is 3.68. The highest BCUT2D eigenvalue weighted by molar-refractivity contribution is 7.38. The molecule has 0 fully saturated rings. The van der Waals surface area contributed by atoms with Crippen LogP contribution in [0.5, 0.6) is 5.75 Å². The van der Waals surface area contributed by atoms with E-state index in [0.29, 0.717) is 5.92 Å². The van der Waals surface area contributed by atoms with Crippen LogP contribution in [0, 0.1) is 5.92 Å². The Hall–Kier alpha value is -1.07. The molecule has 17 heavy (non-hydrogen) atoms. The quantitative estimate of drug-likeness (QED) is 0.695. The first kappa shape index (κ1) is 14.0.